The molecule has 0 aliphatic heterocycles. The van der Waals surface area contributed by atoms with Crippen LogP contribution in [-0.2, 0) is 11.3 Å². The molecule has 0 radical (unpaired) electrons. The number of amides is 1. The first-order valence-corrected chi connectivity index (χ1v) is 8.69. The number of anilines is 1. The second-order valence-electron chi connectivity index (χ2n) is 5.62. The standard InChI is InChI=1S/C19H15Cl2N3O3/c1-27-17-8-6-14(10-15(17)21)22-18(25)11-24-19(26)9-7-16(23-24)12-2-4-13(20)5-3-12/h2-10H,11H2,1H3,(H,22,25). The van der Waals surface area contributed by atoms with Crippen LogP contribution in [0, 0.1) is 0 Å². The van der Waals surface area contributed by atoms with Crippen LogP contribution in [0.5, 0.6) is 5.75 Å². The molecule has 3 rings (SSSR count). The molecule has 6 nitrogen and oxygen atoms in total. The summed E-state index contributed by atoms with van der Waals surface area (Å²) in [6.45, 7) is -0.232. The van der Waals surface area contributed by atoms with Crippen molar-refractivity contribution in [2.24, 2.45) is 0 Å². The van der Waals surface area contributed by atoms with E-state index in [1.807, 2.05) is 0 Å². The topological polar surface area (TPSA) is 73.2 Å². The van der Waals surface area contributed by atoms with E-state index in [0.717, 1.165) is 10.2 Å². The van der Waals surface area contributed by atoms with Crippen molar-refractivity contribution in [3.05, 3.63) is 75.0 Å². The fraction of sp³-hybridized carbons (Fsp3) is 0.105. The second kappa shape index (κ2) is 8.24. The van der Waals surface area contributed by atoms with Gasteiger partial charge in [-0.05, 0) is 36.4 Å². The van der Waals surface area contributed by atoms with Crippen LogP contribution < -0.4 is 15.6 Å². The Morgan fingerprint density at radius 3 is 2.52 bits per heavy atom. The molecule has 0 unspecified atom stereocenters. The lowest BCUT2D eigenvalue weighted by molar-refractivity contribution is -0.117. The molecule has 8 heteroatoms. The maximum Gasteiger partial charge on any atom is 0.267 e. The van der Waals surface area contributed by atoms with Gasteiger partial charge in [-0.2, -0.15) is 5.10 Å². The summed E-state index contributed by atoms with van der Waals surface area (Å²) >= 11 is 11.9. The molecular formula is C19H15Cl2N3O3. The zero-order valence-electron chi connectivity index (χ0n) is 14.3. The zero-order valence-corrected chi connectivity index (χ0v) is 15.8. The van der Waals surface area contributed by atoms with Crippen molar-refractivity contribution in [3.63, 3.8) is 0 Å². The third-order valence-electron chi connectivity index (χ3n) is 3.74. The van der Waals surface area contributed by atoms with Crippen LogP contribution in [0.3, 0.4) is 0 Å². The highest BCUT2D eigenvalue weighted by Crippen LogP contribution is 2.27. The Balaban J connectivity index is 1.77. The molecule has 0 aliphatic rings. The average Bonchev–Trinajstić information content (AvgIpc) is 2.64. The summed E-state index contributed by atoms with van der Waals surface area (Å²) in [4.78, 5) is 24.3. The van der Waals surface area contributed by atoms with Gasteiger partial charge in [0.1, 0.15) is 12.3 Å². The number of nitrogens with one attached hydrogen (secondary N) is 1. The predicted octanol–water partition coefficient (Wildman–Crippen LogP) is 3.86. The third-order valence-corrected chi connectivity index (χ3v) is 4.28. The summed E-state index contributed by atoms with van der Waals surface area (Å²) in [7, 11) is 1.51. The summed E-state index contributed by atoms with van der Waals surface area (Å²) in [5.74, 6) is 0.0994. The number of aromatic nitrogens is 2. The normalized spacial score (nSPS) is 10.5. The molecule has 2 aromatic carbocycles. The Morgan fingerprint density at radius 1 is 1.11 bits per heavy atom. The largest absolute Gasteiger partial charge is 0.495 e. The molecule has 1 amide bonds. The van der Waals surface area contributed by atoms with Gasteiger partial charge in [0, 0.05) is 22.3 Å². The van der Waals surface area contributed by atoms with Gasteiger partial charge in [0.15, 0.2) is 0 Å². The molecule has 0 spiro atoms. The Morgan fingerprint density at radius 2 is 1.85 bits per heavy atom. The number of ether oxygens (including phenoxy) is 1. The molecule has 27 heavy (non-hydrogen) atoms. The van der Waals surface area contributed by atoms with Crippen molar-refractivity contribution in [1.29, 1.82) is 0 Å². The maximum atomic E-state index is 12.3. The van der Waals surface area contributed by atoms with Crippen LogP contribution in [0.25, 0.3) is 11.3 Å². The molecular weight excluding hydrogens is 389 g/mol. The molecule has 1 heterocycles. The first kappa shape index (κ1) is 18.9. The van der Waals surface area contributed by atoms with E-state index in [4.69, 9.17) is 27.9 Å². The van der Waals surface area contributed by atoms with E-state index < -0.39 is 5.91 Å². The monoisotopic (exact) mass is 403 g/mol. The van der Waals surface area contributed by atoms with Crippen LogP contribution in [0.1, 0.15) is 0 Å². The molecule has 138 valence electrons. The van der Waals surface area contributed by atoms with E-state index in [2.05, 4.69) is 10.4 Å². The number of halogens is 2. The van der Waals surface area contributed by atoms with E-state index in [9.17, 15) is 9.59 Å². The lowest BCUT2D eigenvalue weighted by Crippen LogP contribution is -2.29. The molecule has 0 aliphatic carbocycles. The highest BCUT2D eigenvalue weighted by atomic mass is 35.5. The number of nitrogens with zero attached hydrogens (tertiary/aromatic N) is 2. The highest BCUT2D eigenvalue weighted by Gasteiger charge is 2.10. The number of methoxy groups -OCH3 is 1. The molecule has 0 saturated heterocycles. The Hall–Kier alpha value is -2.83. The van der Waals surface area contributed by atoms with Crippen molar-refractivity contribution in [3.8, 4) is 17.0 Å². The van der Waals surface area contributed by atoms with Gasteiger partial charge in [0.2, 0.25) is 5.91 Å². The SMILES string of the molecule is COc1ccc(NC(=O)Cn2nc(-c3ccc(Cl)cc3)ccc2=O)cc1Cl. The lowest BCUT2D eigenvalue weighted by atomic mass is 10.1. The maximum absolute atomic E-state index is 12.3. The number of carbonyl (C=O) groups is 1. The number of benzene rings is 2. The average molecular weight is 404 g/mol. The first-order valence-electron chi connectivity index (χ1n) is 7.94. The molecule has 1 aromatic heterocycles. The van der Waals surface area contributed by atoms with Crippen LogP contribution >= 0.6 is 23.2 Å². The number of carbonyl (C=O) groups excluding carboxylic acids is 1. The summed E-state index contributed by atoms with van der Waals surface area (Å²) in [6, 6.07) is 14.9. The molecule has 0 atom stereocenters. The zero-order chi connectivity index (χ0) is 19.4. The minimum Gasteiger partial charge on any atom is -0.495 e. The van der Waals surface area contributed by atoms with E-state index in [0.29, 0.717) is 27.2 Å². The van der Waals surface area contributed by atoms with Crippen molar-refractivity contribution >= 4 is 34.8 Å². The van der Waals surface area contributed by atoms with Gasteiger partial charge in [-0.3, -0.25) is 9.59 Å². The number of hydrogen-bond donors (Lipinski definition) is 1. The van der Waals surface area contributed by atoms with Gasteiger partial charge in [0.25, 0.3) is 5.56 Å². The summed E-state index contributed by atoms with van der Waals surface area (Å²) in [5, 5.41) is 7.91. The van der Waals surface area contributed by atoms with E-state index in [-0.39, 0.29) is 12.1 Å². The Kier molecular flexibility index (Phi) is 5.78. The smallest absolute Gasteiger partial charge is 0.267 e. The summed E-state index contributed by atoms with van der Waals surface area (Å²) in [6.07, 6.45) is 0. The fourth-order valence-electron chi connectivity index (χ4n) is 2.42. The second-order valence-corrected chi connectivity index (χ2v) is 6.46. The van der Waals surface area contributed by atoms with Gasteiger partial charge in [-0.1, -0.05) is 35.3 Å². The quantitative estimate of drug-likeness (QED) is 0.701. The van der Waals surface area contributed by atoms with Crippen molar-refractivity contribution in [2.45, 2.75) is 6.54 Å². The molecule has 3 aromatic rings. The van der Waals surface area contributed by atoms with Gasteiger partial charge in [-0.25, -0.2) is 4.68 Å². The number of hydrogen-bond acceptors (Lipinski definition) is 4. The summed E-state index contributed by atoms with van der Waals surface area (Å²) in [5.41, 5.74) is 1.46. The fourth-order valence-corrected chi connectivity index (χ4v) is 2.80. The Bertz CT molecular complexity index is 1030. The predicted molar refractivity (Wildman–Crippen MR) is 106 cm³/mol. The highest BCUT2D eigenvalue weighted by molar-refractivity contribution is 6.32. The Labute approximate surface area is 165 Å². The van der Waals surface area contributed by atoms with Gasteiger partial charge in [-0.15, -0.1) is 0 Å². The van der Waals surface area contributed by atoms with Crippen molar-refractivity contribution < 1.29 is 9.53 Å². The van der Waals surface area contributed by atoms with Crippen molar-refractivity contribution in [2.75, 3.05) is 12.4 Å². The van der Waals surface area contributed by atoms with E-state index in [1.165, 1.54) is 13.2 Å². The minimum atomic E-state index is -0.404. The minimum absolute atomic E-state index is 0.232. The van der Waals surface area contributed by atoms with Crippen LogP contribution in [0.15, 0.2) is 59.4 Å². The summed E-state index contributed by atoms with van der Waals surface area (Å²) < 4.78 is 6.17. The van der Waals surface area contributed by atoms with Gasteiger partial charge >= 0.3 is 0 Å². The first-order chi connectivity index (χ1) is 13.0. The third kappa shape index (κ3) is 4.67. The lowest BCUT2D eigenvalue weighted by Gasteiger charge is -2.10. The van der Waals surface area contributed by atoms with Crippen LogP contribution in [0.4, 0.5) is 5.69 Å². The number of rotatable bonds is 5. The van der Waals surface area contributed by atoms with E-state index in [1.54, 1.807) is 48.5 Å². The van der Waals surface area contributed by atoms with Gasteiger partial charge in [0.05, 0.1) is 17.8 Å². The molecule has 0 fully saturated rings. The molecule has 0 bridgehead atoms. The van der Waals surface area contributed by atoms with Gasteiger partial charge < -0.3 is 10.1 Å². The van der Waals surface area contributed by atoms with Crippen LogP contribution in [0.2, 0.25) is 10.0 Å². The van der Waals surface area contributed by atoms with Crippen molar-refractivity contribution in [1.82, 2.24) is 9.78 Å². The van der Waals surface area contributed by atoms with E-state index >= 15 is 0 Å². The van der Waals surface area contributed by atoms with Crippen LogP contribution in [-0.4, -0.2) is 22.8 Å². The molecule has 1 N–H and O–H groups in total. The molecule has 0 saturated carbocycles.